The van der Waals surface area contributed by atoms with Gasteiger partial charge in [0.25, 0.3) is 5.91 Å². The van der Waals surface area contributed by atoms with Gasteiger partial charge in [0.1, 0.15) is 5.75 Å². The van der Waals surface area contributed by atoms with Gasteiger partial charge in [-0.1, -0.05) is 29.3 Å². The maximum Gasteiger partial charge on any atom is 0.271 e. The first-order valence-electron chi connectivity index (χ1n) is 6.13. The molecule has 0 unspecified atom stereocenters. The lowest BCUT2D eigenvalue weighted by molar-refractivity contribution is 0.0955. The minimum absolute atomic E-state index is 0.304. The molecule has 7 heteroatoms. The second-order valence-electron chi connectivity index (χ2n) is 4.22. The van der Waals surface area contributed by atoms with Gasteiger partial charge in [0.05, 0.1) is 18.3 Å². The van der Waals surface area contributed by atoms with Crippen LogP contribution in [0.4, 0.5) is 0 Å². The third-order valence-electron chi connectivity index (χ3n) is 2.70. The van der Waals surface area contributed by atoms with Crippen LogP contribution in [0.25, 0.3) is 0 Å². The summed E-state index contributed by atoms with van der Waals surface area (Å²) >= 11 is 14.1. The molecule has 0 aromatic heterocycles. The van der Waals surface area contributed by atoms with Gasteiger partial charge in [-0.25, -0.2) is 5.43 Å². The van der Waals surface area contributed by atoms with Crippen molar-refractivity contribution in [3.63, 3.8) is 0 Å². The Morgan fingerprint density at radius 1 is 1.32 bits per heavy atom. The number of nitrogens with zero attached hydrogens (tertiary/aromatic N) is 1. The lowest BCUT2D eigenvalue weighted by atomic mass is 10.2. The number of amides is 1. The minimum Gasteiger partial charge on any atom is -0.495 e. The first-order chi connectivity index (χ1) is 10.5. The summed E-state index contributed by atoms with van der Waals surface area (Å²) in [6, 6.07) is 10.4. The van der Waals surface area contributed by atoms with Crippen molar-refractivity contribution < 1.29 is 9.53 Å². The molecule has 0 bridgehead atoms. The third kappa shape index (κ3) is 4.34. The SMILES string of the molecule is COc1c(Cl)cc(Cl)cc1/C=N\NC(=O)c1cccc(I)c1. The van der Waals surface area contributed by atoms with Crippen LogP contribution < -0.4 is 10.2 Å². The van der Waals surface area contributed by atoms with Gasteiger partial charge in [-0.3, -0.25) is 4.79 Å². The Hall–Kier alpha value is -1.31. The van der Waals surface area contributed by atoms with Crippen molar-refractivity contribution in [2.24, 2.45) is 5.10 Å². The van der Waals surface area contributed by atoms with Crippen LogP contribution in [-0.4, -0.2) is 19.2 Å². The fraction of sp³-hybridized carbons (Fsp3) is 0.0667. The van der Waals surface area contributed by atoms with E-state index in [-0.39, 0.29) is 5.91 Å². The van der Waals surface area contributed by atoms with Crippen molar-refractivity contribution in [2.45, 2.75) is 0 Å². The number of hydrogen-bond acceptors (Lipinski definition) is 3. The number of carbonyl (C=O) groups is 1. The number of benzene rings is 2. The average Bonchev–Trinajstić information content (AvgIpc) is 2.46. The number of nitrogens with one attached hydrogen (secondary N) is 1. The Bertz CT molecular complexity index is 735. The van der Waals surface area contributed by atoms with E-state index < -0.39 is 0 Å². The van der Waals surface area contributed by atoms with Gasteiger partial charge in [-0.05, 0) is 52.9 Å². The molecule has 0 aliphatic carbocycles. The molecule has 0 fully saturated rings. The zero-order valence-corrected chi connectivity index (χ0v) is 15.1. The van der Waals surface area contributed by atoms with Gasteiger partial charge in [-0.15, -0.1) is 0 Å². The van der Waals surface area contributed by atoms with Crippen LogP contribution in [0.2, 0.25) is 10.0 Å². The predicted molar refractivity (Wildman–Crippen MR) is 97.2 cm³/mol. The molecule has 0 spiro atoms. The first kappa shape index (κ1) is 17.1. The first-order valence-corrected chi connectivity index (χ1v) is 7.96. The van der Waals surface area contributed by atoms with Crippen LogP contribution in [-0.2, 0) is 0 Å². The Morgan fingerprint density at radius 2 is 2.09 bits per heavy atom. The number of hydrazone groups is 1. The maximum atomic E-state index is 12.0. The smallest absolute Gasteiger partial charge is 0.271 e. The quantitative estimate of drug-likeness (QED) is 0.429. The summed E-state index contributed by atoms with van der Waals surface area (Å²) in [6.45, 7) is 0. The second kappa shape index (κ2) is 7.80. The summed E-state index contributed by atoms with van der Waals surface area (Å²) in [7, 11) is 1.50. The van der Waals surface area contributed by atoms with Crippen molar-refractivity contribution >= 4 is 57.9 Å². The van der Waals surface area contributed by atoms with Crippen LogP contribution in [0.5, 0.6) is 5.75 Å². The van der Waals surface area contributed by atoms with E-state index in [0.717, 1.165) is 3.57 Å². The van der Waals surface area contributed by atoms with Gasteiger partial charge in [0.15, 0.2) is 0 Å². The van der Waals surface area contributed by atoms with Crippen molar-refractivity contribution in [2.75, 3.05) is 7.11 Å². The lowest BCUT2D eigenvalue weighted by Crippen LogP contribution is -2.17. The minimum atomic E-state index is -0.304. The fourth-order valence-corrected chi connectivity index (χ4v) is 2.88. The van der Waals surface area contributed by atoms with E-state index >= 15 is 0 Å². The summed E-state index contributed by atoms with van der Waals surface area (Å²) in [4.78, 5) is 12.0. The topological polar surface area (TPSA) is 50.7 Å². The van der Waals surface area contributed by atoms with Crippen LogP contribution in [0.15, 0.2) is 41.5 Å². The molecule has 2 rings (SSSR count). The van der Waals surface area contributed by atoms with Gasteiger partial charge < -0.3 is 4.74 Å². The van der Waals surface area contributed by atoms with Crippen LogP contribution in [0.1, 0.15) is 15.9 Å². The average molecular weight is 449 g/mol. The van der Waals surface area contributed by atoms with E-state index in [9.17, 15) is 4.79 Å². The Balaban J connectivity index is 2.14. The fourth-order valence-electron chi connectivity index (χ4n) is 1.75. The molecule has 0 saturated carbocycles. The Morgan fingerprint density at radius 3 is 2.77 bits per heavy atom. The molecule has 0 aliphatic rings. The van der Waals surface area contributed by atoms with Crippen LogP contribution in [0, 0.1) is 3.57 Å². The predicted octanol–water partition coefficient (Wildman–Crippen LogP) is 4.37. The summed E-state index contributed by atoms with van der Waals surface area (Å²) in [6.07, 6.45) is 1.43. The Labute approximate surface area is 151 Å². The number of rotatable bonds is 4. The van der Waals surface area contributed by atoms with Crippen molar-refractivity contribution in [1.82, 2.24) is 5.43 Å². The van der Waals surface area contributed by atoms with Crippen molar-refractivity contribution in [3.8, 4) is 5.75 Å². The summed E-state index contributed by atoms with van der Waals surface area (Å²) in [5.41, 5.74) is 3.55. The molecule has 0 aliphatic heterocycles. The molecule has 2 aromatic carbocycles. The van der Waals surface area contributed by atoms with E-state index in [4.69, 9.17) is 27.9 Å². The van der Waals surface area contributed by atoms with Gasteiger partial charge in [-0.2, -0.15) is 5.10 Å². The van der Waals surface area contributed by atoms with Gasteiger partial charge in [0, 0.05) is 19.7 Å². The monoisotopic (exact) mass is 448 g/mol. The molecule has 114 valence electrons. The summed E-state index contributed by atoms with van der Waals surface area (Å²) in [5.74, 6) is 0.139. The molecule has 4 nitrogen and oxygen atoms in total. The number of methoxy groups -OCH3 is 1. The molecule has 0 atom stereocenters. The highest BCUT2D eigenvalue weighted by Crippen LogP contribution is 2.31. The van der Waals surface area contributed by atoms with E-state index in [2.05, 4.69) is 33.1 Å². The van der Waals surface area contributed by atoms with E-state index in [1.165, 1.54) is 13.3 Å². The van der Waals surface area contributed by atoms with Gasteiger partial charge >= 0.3 is 0 Å². The number of halogens is 3. The van der Waals surface area contributed by atoms with Crippen LogP contribution >= 0.6 is 45.8 Å². The molecule has 1 N–H and O–H groups in total. The highest BCUT2D eigenvalue weighted by molar-refractivity contribution is 14.1. The molecule has 2 aromatic rings. The maximum absolute atomic E-state index is 12.0. The third-order valence-corrected chi connectivity index (χ3v) is 3.87. The highest BCUT2D eigenvalue weighted by Gasteiger charge is 2.08. The number of hydrogen-bond donors (Lipinski definition) is 1. The highest BCUT2D eigenvalue weighted by atomic mass is 127. The van der Waals surface area contributed by atoms with E-state index in [1.54, 1.807) is 30.3 Å². The molecular formula is C15H11Cl2IN2O2. The molecule has 0 radical (unpaired) electrons. The lowest BCUT2D eigenvalue weighted by Gasteiger charge is -2.07. The van der Waals surface area contributed by atoms with E-state index in [0.29, 0.717) is 26.9 Å². The van der Waals surface area contributed by atoms with Crippen molar-refractivity contribution in [3.05, 3.63) is 61.1 Å². The summed E-state index contributed by atoms with van der Waals surface area (Å²) < 4.78 is 6.16. The molecule has 1 amide bonds. The van der Waals surface area contributed by atoms with E-state index in [1.807, 2.05) is 6.07 Å². The number of carbonyl (C=O) groups excluding carboxylic acids is 1. The molecule has 0 heterocycles. The van der Waals surface area contributed by atoms with Gasteiger partial charge in [0.2, 0.25) is 0 Å². The largest absolute Gasteiger partial charge is 0.495 e. The molecular weight excluding hydrogens is 438 g/mol. The zero-order valence-electron chi connectivity index (χ0n) is 11.4. The normalized spacial score (nSPS) is 10.7. The van der Waals surface area contributed by atoms with Crippen molar-refractivity contribution in [1.29, 1.82) is 0 Å². The Kier molecular flexibility index (Phi) is 6.05. The summed E-state index contributed by atoms with van der Waals surface area (Å²) in [5, 5.41) is 4.74. The molecule has 22 heavy (non-hydrogen) atoms. The number of ether oxygens (including phenoxy) is 1. The standard InChI is InChI=1S/C15H11Cl2IN2O2/c1-22-14-10(5-11(16)7-13(14)17)8-19-20-15(21)9-3-2-4-12(18)6-9/h2-8H,1H3,(H,20,21)/b19-8-. The van der Waals surface area contributed by atoms with Crippen LogP contribution in [0.3, 0.4) is 0 Å². The second-order valence-corrected chi connectivity index (χ2v) is 6.31. The zero-order chi connectivity index (χ0) is 16.1. The molecule has 0 saturated heterocycles.